The van der Waals surface area contributed by atoms with Gasteiger partial charge in [0.05, 0.1) is 22.0 Å². The van der Waals surface area contributed by atoms with Gasteiger partial charge in [-0.15, -0.1) is 11.3 Å². The Morgan fingerprint density at radius 3 is 2.71 bits per heavy atom. The second kappa shape index (κ2) is 9.21. The van der Waals surface area contributed by atoms with Crippen molar-refractivity contribution in [3.05, 3.63) is 75.8 Å². The molecule has 0 saturated carbocycles. The zero-order valence-corrected chi connectivity index (χ0v) is 18.8. The number of halogens is 2. The van der Waals surface area contributed by atoms with Crippen LogP contribution in [-0.2, 0) is 11.3 Å². The number of fused-ring (bicyclic) bond motifs is 1. The van der Waals surface area contributed by atoms with Gasteiger partial charge in [0.2, 0.25) is 5.91 Å². The van der Waals surface area contributed by atoms with Crippen molar-refractivity contribution in [3.63, 3.8) is 0 Å². The second-order valence-electron chi connectivity index (χ2n) is 6.60. The lowest BCUT2D eigenvalue weighted by Gasteiger charge is -2.10. The van der Waals surface area contributed by atoms with Crippen molar-refractivity contribution in [1.82, 2.24) is 9.55 Å². The molecule has 1 N–H and O–H groups in total. The van der Waals surface area contributed by atoms with Crippen LogP contribution >= 0.6 is 34.7 Å². The van der Waals surface area contributed by atoms with Crippen molar-refractivity contribution < 1.29 is 9.18 Å². The highest BCUT2D eigenvalue weighted by molar-refractivity contribution is 7.99. The molecule has 2 heterocycles. The van der Waals surface area contributed by atoms with Crippen LogP contribution in [0.2, 0.25) is 5.02 Å². The van der Waals surface area contributed by atoms with Crippen molar-refractivity contribution in [2.24, 2.45) is 0 Å². The quantitative estimate of drug-likeness (QED) is 0.289. The van der Waals surface area contributed by atoms with Gasteiger partial charge < -0.3 is 5.32 Å². The van der Waals surface area contributed by atoms with Gasteiger partial charge in [-0.2, -0.15) is 0 Å². The van der Waals surface area contributed by atoms with Gasteiger partial charge in [-0.05, 0) is 36.8 Å². The molecule has 2 aromatic heterocycles. The molecule has 5 nitrogen and oxygen atoms in total. The van der Waals surface area contributed by atoms with Crippen LogP contribution in [0.5, 0.6) is 0 Å². The van der Waals surface area contributed by atoms with E-state index in [4.69, 9.17) is 11.6 Å². The molecule has 0 radical (unpaired) electrons. The van der Waals surface area contributed by atoms with Crippen molar-refractivity contribution in [2.75, 3.05) is 11.1 Å². The third-order valence-electron chi connectivity index (χ3n) is 4.51. The third-order valence-corrected chi connectivity index (χ3v) is 6.96. The van der Waals surface area contributed by atoms with E-state index in [1.165, 1.54) is 35.2 Å². The number of anilines is 1. The van der Waals surface area contributed by atoms with E-state index in [1.54, 1.807) is 4.57 Å². The van der Waals surface area contributed by atoms with Crippen LogP contribution in [0.3, 0.4) is 0 Å². The topological polar surface area (TPSA) is 64.0 Å². The Morgan fingerprint density at radius 1 is 1.23 bits per heavy atom. The first-order chi connectivity index (χ1) is 15.0. The summed E-state index contributed by atoms with van der Waals surface area (Å²) in [4.78, 5) is 31.0. The van der Waals surface area contributed by atoms with E-state index in [0.717, 1.165) is 16.5 Å². The molecule has 0 atom stereocenters. The van der Waals surface area contributed by atoms with Crippen molar-refractivity contribution in [3.8, 4) is 10.4 Å². The summed E-state index contributed by atoms with van der Waals surface area (Å²) in [7, 11) is 0. The minimum Gasteiger partial charge on any atom is -0.324 e. The van der Waals surface area contributed by atoms with Gasteiger partial charge >= 0.3 is 0 Å². The minimum absolute atomic E-state index is 0.0291. The Labute approximate surface area is 190 Å². The van der Waals surface area contributed by atoms with Crippen LogP contribution in [0.4, 0.5) is 10.1 Å². The number of benzene rings is 2. The molecule has 0 fully saturated rings. The van der Waals surface area contributed by atoms with Crippen LogP contribution < -0.4 is 10.9 Å². The molecular weight excluding hydrogens is 457 g/mol. The number of hydrogen-bond acceptors (Lipinski definition) is 5. The molecule has 0 aliphatic rings. The molecule has 0 bridgehead atoms. The number of thiophene rings is 1. The maximum Gasteiger partial charge on any atom is 0.272 e. The molecule has 31 heavy (non-hydrogen) atoms. The SMILES string of the molecule is CCn1c(SCC(=O)Nc2ccc(F)cc2Cl)nc2cc(-c3ccccc3)sc2c1=O. The van der Waals surface area contributed by atoms with Crippen LogP contribution in [0.15, 0.2) is 64.5 Å². The molecule has 9 heteroatoms. The summed E-state index contributed by atoms with van der Waals surface area (Å²) < 4.78 is 15.3. The summed E-state index contributed by atoms with van der Waals surface area (Å²) in [6.45, 7) is 2.30. The van der Waals surface area contributed by atoms with E-state index in [0.29, 0.717) is 27.6 Å². The molecule has 4 aromatic rings. The number of carbonyl (C=O) groups is 1. The fraction of sp³-hybridized carbons (Fsp3) is 0.136. The zero-order chi connectivity index (χ0) is 22.0. The molecule has 0 saturated heterocycles. The average Bonchev–Trinajstić information content (AvgIpc) is 3.19. The molecule has 0 spiro atoms. The predicted octanol–water partition coefficient (Wildman–Crippen LogP) is 5.67. The Balaban J connectivity index is 1.58. The summed E-state index contributed by atoms with van der Waals surface area (Å²) >= 11 is 8.54. The second-order valence-corrected chi connectivity index (χ2v) is 9.00. The average molecular weight is 474 g/mol. The van der Waals surface area contributed by atoms with Gasteiger partial charge in [0.15, 0.2) is 5.16 Å². The summed E-state index contributed by atoms with van der Waals surface area (Å²) in [6.07, 6.45) is 0. The molecular formula is C22H17ClFN3O2S2. The van der Waals surface area contributed by atoms with Gasteiger partial charge in [-0.1, -0.05) is 53.7 Å². The highest BCUT2D eigenvalue weighted by Crippen LogP contribution is 2.32. The van der Waals surface area contributed by atoms with Crippen LogP contribution in [-0.4, -0.2) is 21.2 Å². The number of aromatic nitrogens is 2. The number of amides is 1. The van der Waals surface area contributed by atoms with E-state index in [9.17, 15) is 14.0 Å². The van der Waals surface area contributed by atoms with Crippen LogP contribution in [0.25, 0.3) is 20.7 Å². The lowest BCUT2D eigenvalue weighted by atomic mass is 10.2. The Kier molecular flexibility index (Phi) is 6.41. The summed E-state index contributed by atoms with van der Waals surface area (Å²) in [5.74, 6) is -0.778. The summed E-state index contributed by atoms with van der Waals surface area (Å²) in [5, 5.41) is 3.24. The molecule has 0 aliphatic heterocycles. The smallest absolute Gasteiger partial charge is 0.272 e. The fourth-order valence-corrected chi connectivity index (χ4v) is 5.16. The van der Waals surface area contributed by atoms with E-state index < -0.39 is 5.82 Å². The van der Waals surface area contributed by atoms with Gasteiger partial charge in [0, 0.05) is 11.4 Å². The Bertz CT molecular complexity index is 1320. The summed E-state index contributed by atoms with van der Waals surface area (Å²) in [6, 6.07) is 15.5. The predicted molar refractivity (Wildman–Crippen MR) is 126 cm³/mol. The lowest BCUT2D eigenvalue weighted by Crippen LogP contribution is -2.22. The molecule has 2 aromatic carbocycles. The largest absolute Gasteiger partial charge is 0.324 e. The third kappa shape index (κ3) is 4.66. The fourth-order valence-electron chi connectivity index (χ4n) is 3.03. The number of rotatable bonds is 6. The van der Waals surface area contributed by atoms with Gasteiger partial charge in [0.25, 0.3) is 5.56 Å². The van der Waals surface area contributed by atoms with Crippen molar-refractivity contribution in [2.45, 2.75) is 18.6 Å². The minimum atomic E-state index is -0.479. The molecule has 158 valence electrons. The normalized spacial score (nSPS) is 11.1. The molecule has 1 amide bonds. The van der Waals surface area contributed by atoms with E-state index in [-0.39, 0.29) is 22.2 Å². The van der Waals surface area contributed by atoms with Crippen molar-refractivity contribution >= 4 is 56.5 Å². The van der Waals surface area contributed by atoms with Gasteiger partial charge in [0.1, 0.15) is 10.5 Å². The molecule has 0 unspecified atom stereocenters. The summed E-state index contributed by atoms with van der Waals surface area (Å²) in [5.41, 5.74) is 1.85. The lowest BCUT2D eigenvalue weighted by molar-refractivity contribution is -0.113. The molecule has 0 aliphatic carbocycles. The zero-order valence-electron chi connectivity index (χ0n) is 16.4. The van der Waals surface area contributed by atoms with E-state index in [2.05, 4.69) is 10.3 Å². The Morgan fingerprint density at radius 2 is 2.00 bits per heavy atom. The first kappa shape index (κ1) is 21.5. The maximum atomic E-state index is 13.2. The number of nitrogens with one attached hydrogen (secondary N) is 1. The monoisotopic (exact) mass is 473 g/mol. The number of nitrogens with zero attached hydrogens (tertiary/aromatic N) is 2. The number of hydrogen-bond donors (Lipinski definition) is 1. The van der Waals surface area contributed by atoms with E-state index in [1.807, 2.05) is 43.3 Å². The standard InChI is InChI=1S/C22H17ClFN3O2S2/c1-2-27-21(29)20-17(11-18(31-20)13-6-4-3-5-7-13)26-22(27)30-12-19(28)25-16-9-8-14(24)10-15(16)23/h3-11H,2,12H2,1H3,(H,25,28). The highest BCUT2D eigenvalue weighted by atomic mass is 35.5. The Hall–Kier alpha value is -2.68. The maximum absolute atomic E-state index is 13.2. The van der Waals surface area contributed by atoms with Crippen LogP contribution in [0, 0.1) is 5.82 Å². The molecule has 4 rings (SSSR count). The first-order valence-corrected chi connectivity index (χ1v) is 11.6. The number of carbonyl (C=O) groups excluding carboxylic acids is 1. The number of thioether (sulfide) groups is 1. The first-order valence-electron chi connectivity index (χ1n) is 9.43. The van der Waals surface area contributed by atoms with Crippen LogP contribution in [0.1, 0.15) is 6.92 Å². The van der Waals surface area contributed by atoms with Crippen molar-refractivity contribution in [1.29, 1.82) is 0 Å². The van der Waals surface area contributed by atoms with Gasteiger partial charge in [-0.25, -0.2) is 9.37 Å². The van der Waals surface area contributed by atoms with Gasteiger partial charge in [-0.3, -0.25) is 14.2 Å². The van der Waals surface area contributed by atoms with E-state index >= 15 is 0 Å². The highest BCUT2D eigenvalue weighted by Gasteiger charge is 2.16.